The van der Waals surface area contributed by atoms with Crippen LogP contribution in [-0.4, -0.2) is 36.4 Å². The van der Waals surface area contributed by atoms with Gasteiger partial charge in [-0.3, -0.25) is 9.59 Å². The smallest absolute Gasteiger partial charge is 0.305 e. The monoisotopic (exact) mass is 597 g/mol. The molecule has 250 valence electrons. The van der Waals surface area contributed by atoms with Gasteiger partial charge in [0.05, 0.1) is 0 Å². The maximum Gasteiger partial charge on any atom is 0.305 e. The van der Waals surface area contributed by atoms with E-state index in [0.29, 0.717) is 12.8 Å². The second kappa shape index (κ2) is 31.3. The summed E-state index contributed by atoms with van der Waals surface area (Å²) in [5.41, 5.74) is 0. The first-order chi connectivity index (χ1) is 20.3. The Bertz CT molecular complexity index is 589. The summed E-state index contributed by atoms with van der Waals surface area (Å²) in [5.74, 6) is 1.09. The molecule has 42 heavy (non-hydrogen) atoms. The first-order valence-electron chi connectivity index (χ1n) is 18.3. The van der Waals surface area contributed by atoms with Crippen LogP contribution in [0.15, 0.2) is 0 Å². The highest BCUT2D eigenvalue weighted by Gasteiger charge is 2.12. The van der Waals surface area contributed by atoms with Crippen molar-refractivity contribution >= 4 is 11.9 Å². The molecule has 0 aromatic heterocycles. The highest BCUT2D eigenvalue weighted by Crippen LogP contribution is 2.16. The van der Waals surface area contributed by atoms with E-state index in [1.807, 2.05) is 0 Å². The van der Waals surface area contributed by atoms with Crippen molar-refractivity contribution in [2.75, 3.05) is 13.2 Å². The molecule has 0 saturated heterocycles. The summed E-state index contributed by atoms with van der Waals surface area (Å²) in [6, 6.07) is 0. The molecule has 0 heterocycles. The topological polar surface area (TPSA) is 72.8 Å². The number of unbranched alkanes of at least 4 members (excludes halogenated alkanes) is 20. The van der Waals surface area contributed by atoms with Gasteiger partial charge in [-0.2, -0.15) is 0 Å². The van der Waals surface area contributed by atoms with Gasteiger partial charge in [-0.25, -0.2) is 0 Å². The van der Waals surface area contributed by atoms with Crippen LogP contribution in [0.4, 0.5) is 0 Å². The van der Waals surface area contributed by atoms with E-state index >= 15 is 0 Å². The van der Waals surface area contributed by atoms with Gasteiger partial charge in [0.1, 0.15) is 19.3 Å². The molecule has 0 aliphatic heterocycles. The number of rotatable bonds is 32. The lowest BCUT2D eigenvalue weighted by Crippen LogP contribution is -2.25. The summed E-state index contributed by atoms with van der Waals surface area (Å²) < 4.78 is 10.3. The van der Waals surface area contributed by atoms with Crippen LogP contribution < -0.4 is 0 Å². The largest absolute Gasteiger partial charge is 0.463 e. The second-order valence-electron chi connectivity index (χ2n) is 13.7. The van der Waals surface area contributed by atoms with E-state index in [1.165, 1.54) is 122 Å². The van der Waals surface area contributed by atoms with Crippen molar-refractivity contribution < 1.29 is 24.2 Å². The van der Waals surface area contributed by atoms with Crippen LogP contribution in [0.1, 0.15) is 195 Å². The minimum absolute atomic E-state index is 0.110. The molecule has 0 unspecified atom stereocenters. The van der Waals surface area contributed by atoms with Crippen LogP contribution in [0, 0.1) is 11.8 Å². The number of hydrogen-bond donors (Lipinski definition) is 1. The molecule has 0 radical (unpaired) electrons. The summed E-state index contributed by atoms with van der Waals surface area (Å²) >= 11 is 0. The molecule has 1 atom stereocenters. The van der Waals surface area contributed by atoms with E-state index in [9.17, 15) is 14.7 Å². The van der Waals surface area contributed by atoms with Crippen molar-refractivity contribution in [1.29, 1.82) is 0 Å². The highest BCUT2D eigenvalue weighted by molar-refractivity contribution is 5.69. The van der Waals surface area contributed by atoms with Gasteiger partial charge in [0.15, 0.2) is 0 Å². The fourth-order valence-electron chi connectivity index (χ4n) is 5.40. The molecule has 0 bridgehead atoms. The predicted molar refractivity (Wildman–Crippen MR) is 178 cm³/mol. The Morgan fingerprint density at radius 2 is 0.667 bits per heavy atom. The predicted octanol–water partition coefficient (Wildman–Crippen LogP) is 10.9. The summed E-state index contributed by atoms with van der Waals surface area (Å²) in [5, 5.41) is 9.97. The lowest BCUT2D eigenvalue weighted by atomic mass is 10.0. The molecule has 0 aliphatic rings. The first-order valence-corrected chi connectivity index (χ1v) is 18.3. The quantitative estimate of drug-likeness (QED) is 0.0617. The Morgan fingerprint density at radius 3 is 0.929 bits per heavy atom. The normalized spacial score (nSPS) is 12.3. The molecule has 5 nitrogen and oxygen atoms in total. The SMILES string of the molecule is CC(C)CCCCCCCCCCCCCCCCCC(=O)OC[C@H](O)COC(=O)CCCCCCCCCC(C)C. The van der Waals surface area contributed by atoms with E-state index in [4.69, 9.17) is 9.47 Å². The third-order valence-corrected chi connectivity index (χ3v) is 8.20. The second-order valence-corrected chi connectivity index (χ2v) is 13.7. The number of aliphatic hydroxyl groups is 1. The number of aliphatic hydroxyl groups excluding tert-OH is 1. The van der Waals surface area contributed by atoms with Crippen molar-refractivity contribution in [2.24, 2.45) is 11.8 Å². The van der Waals surface area contributed by atoms with Gasteiger partial charge < -0.3 is 14.6 Å². The Hall–Kier alpha value is -1.10. The van der Waals surface area contributed by atoms with Crippen molar-refractivity contribution in [3.63, 3.8) is 0 Å². The zero-order valence-corrected chi connectivity index (χ0v) is 28.6. The van der Waals surface area contributed by atoms with Crippen molar-refractivity contribution in [2.45, 2.75) is 201 Å². The standard InChI is InChI=1S/C37H72O5/c1-33(2)27-23-19-15-12-10-8-6-5-7-9-11-13-17-21-25-29-36(39)41-31-35(38)32-42-37(40)30-26-22-18-14-16-20-24-28-34(3)4/h33-35,38H,5-32H2,1-4H3/t35-/m0/s1. The number of hydrogen-bond acceptors (Lipinski definition) is 5. The molecular formula is C37H72O5. The molecule has 0 amide bonds. The summed E-state index contributed by atoms with van der Waals surface area (Å²) in [6.45, 7) is 8.96. The average molecular weight is 597 g/mol. The van der Waals surface area contributed by atoms with E-state index in [-0.39, 0.29) is 25.2 Å². The van der Waals surface area contributed by atoms with Crippen molar-refractivity contribution in [3.8, 4) is 0 Å². The molecule has 0 spiro atoms. The maximum absolute atomic E-state index is 11.9. The molecule has 0 saturated carbocycles. The van der Waals surface area contributed by atoms with Gasteiger partial charge in [0.2, 0.25) is 0 Å². The molecule has 1 N–H and O–H groups in total. The third kappa shape index (κ3) is 33.4. The Labute approximate surface area is 261 Å². The van der Waals surface area contributed by atoms with Crippen LogP contribution in [0.2, 0.25) is 0 Å². The van der Waals surface area contributed by atoms with E-state index < -0.39 is 6.10 Å². The Balaban J connectivity index is 3.38. The lowest BCUT2D eigenvalue weighted by Gasteiger charge is -2.12. The fourth-order valence-corrected chi connectivity index (χ4v) is 5.40. The minimum atomic E-state index is -0.955. The Morgan fingerprint density at radius 1 is 0.429 bits per heavy atom. The third-order valence-electron chi connectivity index (χ3n) is 8.20. The highest BCUT2D eigenvalue weighted by atomic mass is 16.6. The van der Waals surface area contributed by atoms with Gasteiger partial charge in [-0.1, -0.05) is 169 Å². The molecule has 0 aromatic rings. The molecular weight excluding hydrogens is 524 g/mol. The minimum Gasteiger partial charge on any atom is -0.463 e. The van der Waals surface area contributed by atoms with Crippen molar-refractivity contribution in [3.05, 3.63) is 0 Å². The van der Waals surface area contributed by atoms with Gasteiger partial charge in [0, 0.05) is 12.8 Å². The van der Waals surface area contributed by atoms with Gasteiger partial charge in [-0.05, 0) is 24.7 Å². The summed E-state index contributed by atoms with van der Waals surface area (Å²) in [6.07, 6.45) is 30.2. The van der Waals surface area contributed by atoms with Crippen molar-refractivity contribution in [1.82, 2.24) is 0 Å². The average Bonchev–Trinajstić information content (AvgIpc) is 2.95. The number of ether oxygens (including phenoxy) is 2. The summed E-state index contributed by atoms with van der Waals surface area (Å²) in [4.78, 5) is 23.8. The maximum atomic E-state index is 11.9. The fraction of sp³-hybridized carbons (Fsp3) is 0.946. The van der Waals surface area contributed by atoms with Crippen LogP contribution in [0.3, 0.4) is 0 Å². The van der Waals surface area contributed by atoms with Crippen LogP contribution >= 0.6 is 0 Å². The Kier molecular flexibility index (Phi) is 30.5. The molecule has 5 heteroatoms. The van der Waals surface area contributed by atoms with Gasteiger partial charge in [0.25, 0.3) is 0 Å². The lowest BCUT2D eigenvalue weighted by molar-refractivity contribution is -0.152. The van der Waals surface area contributed by atoms with Gasteiger partial charge in [-0.15, -0.1) is 0 Å². The zero-order valence-electron chi connectivity index (χ0n) is 28.6. The zero-order chi connectivity index (χ0) is 31.1. The van der Waals surface area contributed by atoms with Crippen LogP contribution in [0.5, 0.6) is 0 Å². The first kappa shape index (κ1) is 40.9. The molecule has 0 aliphatic carbocycles. The molecule has 0 fully saturated rings. The van der Waals surface area contributed by atoms with Gasteiger partial charge >= 0.3 is 11.9 Å². The van der Waals surface area contributed by atoms with E-state index in [1.54, 1.807) is 0 Å². The number of esters is 2. The number of carbonyl (C=O) groups excluding carboxylic acids is 2. The molecule has 0 rings (SSSR count). The summed E-state index contributed by atoms with van der Waals surface area (Å²) in [7, 11) is 0. The van der Waals surface area contributed by atoms with Crippen LogP contribution in [0.25, 0.3) is 0 Å². The molecule has 0 aromatic carbocycles. The number of carbonyl (C=O) groups is 2. The van der Waals surface area contributed by atoms with E-state index in [0.717, 1.165) is 43.9 Å². The van der Waals surface area contributed by atoms with Crippen LogP contribution in [-0.2, 0) is 19.1 Å². The van der Waals surface area contributed by atoms with E-state index in [2.05, 4.69) is 27.7 Å².